The lowest BCUT2D eigenvalue weighted by molar-refractivity contribution is 0.520. The van der Waals surface area contributed by atoms with Gasteiger partial charge in [-0.15, -0.1) is 0 Å². The highest BCUT2D eigenvalue weighted by atomic mass is 79.9. The number of hydrogen-bond donors (Lipinski definition) is 0. The van der Waals surface area contributed by atoms with Crippen molar-refractivity contribution in [1.29, 1.82) is 0 Å². The van der Waals surface area contributed by atoms with Gasteiger partial charge in [0.2, 0.25) is 0 Å². The Bertz CT molecular complexity index is 560. The van der Waals surface area contributed by atoms with E-state index in [1.54, 1.807) is 0 Å². The van der Waals surface area contributed by atoms with E-state index in [-0.39, 0.29) is 4.75 Å². The van der Waals surface area contributed by atoms with Gasteiger partial charge >= 0.3 is 0 Å². The second-order valence-corrected chi connectivity index (χ2v) is 9.83. The lowest BCUT2D eigenvalue weighted by Crippen LogP contribution is -2.26. The molecule has 4 heteroatoms. The molecule has 2 unspecified atom stereocenters. The van der Waals surface area contributed by atoms with E-state index in [1.807, 2.05) is 27.0 Å². The van der Waals surface area contributed by atoms with Gasteiger partial charge in [-0.1, -0.05) is 26.4 Å². The molecule has 0 radical (unpaired) electrons. The van der Waals surface area contributed by atoms with E-state index in [2.05, 4.69) is 38.5 Å². The summed E-state index contributed by atoms with van der Waals surface area (Å²) >= 11 is 2.39. The van der Waals surface area contributed by atoms with E-state index in [4.69, 9.17) is 0 Å². The van der Waals surface area contributed by atoms with Gasteiger partial charge in [0.15, 0.2) is 0 Å². The van der Waals surface area contributed by atoms with Crippen LogP contribution in [-0.4, -0.2) is 15.5 Å². The Hall–Kier alpha value is -0.320. The molecular formula is C16H20BrNOS. The van der Waals surface area contributed by atoms with Gasteiger partial charge in [0.1, 0.15) is 16.1 Å². The summed E-state index contributed by atoms with van der Waals surface area (Å²) in [6, 6.07) is 6.54. The fourth-order valence-electron chi connectivity index (χ4n) is 3.00. The van der Waals surface area contributed by atoms with Crippen LogP contribution in [0.15, 0.2) is 27.1 Å². The zero-order valence-corrected chi connectivity index (χ0v) is 14.6. The minimum atomic E-state index is -1.16. The van der Waals surface area contributed by atoms with E-state index < -0.39 is 11.4 Å². The van der Waals surface area contributed by atoms with E-state index in [1.165, 1.54) is 24.0 Å². The zero-order chi connectivity index (χ0) is 14.5. The molecule has 2 aliphatic carbocycles. The molecule has 0 aromatic heterocycles. The van der Waals surface area contributed by atoms with E-state index in [0.717, 1.165) is 10.9 Å². The van der Waals surface area contributed by atoms with Gasteiger partial charge in [0.05, 0.1) is 6.21 Å². The molecule has 0 N–H and O–H groups in total. The van der Waals surface area contributed by atoms with Crippen LogP contribution in [0.5, 0.6) is 0 Å². The molecule has 0 saturated heterocycles. The average molecular weight is 354 g/mol. The predicted octanol–water partition coefficient (Wildman–Crippen LogP) is 4.40. The van der Waals surface area contributed by atoms with E-state index in [0.29, 0.717) is 11.3 Å². The molecule has 2 nitrogen and oxygen atoms in total. The van der Waals surface area contributed by atoms with E-state index in [9.17, 15) is 4.55 Å². The van der Waals surface area contributed by atoms with Crippen molar-refractivity contribution in [3.63, 3.8) is 0 Å². The van der Waals surface area contributed by atoms with Crippen molar-refractivity contribution in [2.75, 3.05) is 0 Å². The lowest BCUT2D eigenvalue weighted by atomic mass is 9.91. The van der Waals surface area contributed by atoms with Crippen LogP contribution in [0.2, 0.25) is 0 Å². The maximum absolute atomic E-state index is 12.1. The van der Waals surface area contributed by atoms with Gasteiger partial charge in [0.25, 0.3) is 0 Å². The normalized spacial score (nSPS) is 25.1. The molecule has 0 heterocycles. The zero-order valence-electron chi connectivity index (χ0n) is 12.1. The van der Waals surface area contributed by atoms with Crippen LogP contribution in [0.3, 0.4) is 0 Å². The van der Waals surface area contributed by atoms with Gasteiger partial charge in [-0.3, -0.25) is 0 Å². The molecule has 1 fully saturated rings. The third kappa shape index (κ3) is 2.58. The molecular weight excluding hydrogens is 334 g/mol. The number of halogens is 1. The smallest absolute Gasteiger partial charge is 0.144 e. The Morgan fingerprint density at radius 2 is 2.10 bits per heavy atom. The van der Waals surface area contributed by atoms with Crippen molar-refractivity contribution in [3.8, 4) is 0 Å². The van der Waals surface area contributed by atoms with Gasteiger partial charge in [-0.25, -0.2) is 0 Å². The summed E-state index contributed by atoms with van der Waals surface area (Å²) in [4.78, 5) is 0. The first-order valence-corrected chi connectivity index (χ1v) is 8.96. The molecule has 20 heavy (non-hydrogen) atoms. The second kappa shape index (κ2) is 4.85. The fraction of sp³-hybridized carbons (Fsp3) is 0.562. The van der Waals surface area contributed by atoms with Crippen LogP contribution in [0, 0.1) is 5.41 Å². The summed E-state index contributed by atoms with van der Waals surface area (Å²) in [5, 5.41) is 0. The molecule has 0 amide bonds. The Morgan fingerprint density at radius 1 is 1.40 bits per heavy atom. The quantitative estimate of drug-likeness (QED) is 0.573. The van der Waals surface area contributed by atoms with Crippen LogP contribution in [0.25, 0.3) is 0 Å². The lowest BCUT2D eigenvalue weighted by Gasteiger charge is -2.19. The first-order chi connectivity index (χ1) is 9.32. The molecule has 0 aliphatic heterocycles. The Kier molecular flexibility index (Phi) is 3.55. The Morgan fingerprint density at radius 3 is 2.70 bits per heavy atom. The van der Waals surface area contributed by atoms with Gasteiger partial charge < -0.3 is 4.55 Å². The summed E-state index contributed by atoms with van der Waals surface area (Å²) in [5.74, 6) is 0.335. The molecule has 1 aromatic rings. The first-order valence-electron chi connectivity index (χ1n) is 7.06. The molecule has 1 aromatic carbocycles. The average Bonchev–Trinajstić information content (AvgIpc) is 3.04. The molecule has 1 saturated carbocycles. The summed E-state index contributed by atoms with van der Waals surface area (Å²) in [7, 11) is 0. The minimum absolute atomic E-state index is 0.286. The van der Waals surface area contributed by atoms with Crippen molar-refractivity contribution in [2.24, 2.45) is 9.81 Å². The van der Waals surface area contributed by atoms with Gasteiger partial charge in [-0.05, 0) is 68.7 Å². The van der Waals surface area contributed by atoms with Crippen molar-refractivity contribution < 1.29 is 4.55 Å². The second-order valence-electron chi connectivity index (χ2n) is 6.98. The SMILES string of the molecule is CC(C)(C)[S+]([O-])/N=C\C1c2cc(Br)ccc2CC12CC2. The summed E-state index contributed by atoms with van der Waals surface area (Å²) in [6.45, 7) is 5.89. The van der Waals surface area contributed by atoms with Crippen LogP contribution in [0.1, 0.15) is 50.7 Å². The highest BCUT2D eigenvalue weighted by molar-refractivity contribution is 9.10. The Balaban J connectivity index is 1.89. The number of hydrogen-bond acceptors (Lipinski definition) is 2. The first kappa shape index (κ1) is 14.6. The summed E-state index contributed by atoms with van der Waals surface area (Å²) < 4.78 is 17.3. The maximum atomic E-state index is 12.1. The topological polar surface area (TPSA) is 35.4 Å². The molecule has 2 atom stereocenters. The number of rotatable bonds is 2. The number of nitrogens with zero attached hydrogens (tertiary/aromatic N) is 1. The number of benzene rings is 1. The van der Waals surface area contributed by atoms with Crippen molar-refractivity contribution in [2.45, 2.75) is 50.7 Å². The third-order valence-corrected chi connectivity index (χ3v) is 6.22. The standard InChI is InChI=1S/C16H20BrNOS/c1-15(2,3)20(19)18-10-14-13-8-12(17)5-4-11(13)9-16(14)6-7-16/h4-5,8,10,14H,6-7,9H2,1-3H3/b18-10-. The highest BCUT2D eigenvalue weighted by Gasteiger charge is 2.54. The third-order valence-electron chi connectivity index (χ3n) is 4.37. The van der Waals surface area contributed by atoms with Gasteiger partial charge in [0, 0.05) is 10.4 Å². The summed E-state index contributed by atoms with van der Waals surface area (Å²) in [6.07, 6.45) is 5.64. The van der Waals surface area contributed by atoms with Crippen molar-refractivity contribution in [3.05, 3.63) is 33.8 Å². The molecule has 108 valence electrons. The Labute approximate surface area is 132 Å². The predicted molar refractivity (Wildman–Crippen MR) is 88.6 cm³/mol. The largest absolute Gasteiger partial charge is 0.591 e. The van der Waals surface area contributed by atoms with Crippen molar-refractivity contribution in [1.82, 2.24) is 0 Å². The van der Waals surface area contributed by atoms with Crippen LogP contribution in [-0.2, 0) is 17.8 Å². The molecule has 3 rings (SSSR count). The van der Waals surface area contributed by atoms with Crippen LogP contribution >= 0.6 is 15.9 Å². The molecule has 2 aliphatic rings. The van der Waals surface area contributed by atoms with Crippen LogP contribution in [0.4, 0.5) is 0 Å². The van der Waals surface area contributed by atoms with Crippen LogP contribution < -0.4 is 0 Å². The molecule has 0 bridgehead atoms. The monoisotopic (exact) mass is 353 g/mol. The molecule has 1 spiro atoms. The highest BCUT2D eigenvalue weighted by Crippen LogP contribution is 2.62. The van der Waals surface area contributed by atoms with Gasteiger partial charge in [-0.2, -0.15) is 0 Å². The summed E-state index contributed by atoms with van der Waals surface area (Å²) in [5.41, 5.74) is 3.17. The maximum Gasteiger partial charge on any atom is 0.144 e. The van der Waals surface area contributed by atoms with E-state index >= 15 is 0 Å². The minimum Gasteiger partial charge on any atom is -0.591 e. The fourth-order valence-corrected chi connectivity index (χ4v) is 3.92. The van der Waals surface area contributed by atoms with Crippen molar-refractivity contribution >= 4 is 33.5 Å². The number of fused-ring (bicyclic) bond motifs is 1.